The summed E-state index contributed by atoms with van der Waals surface area (Å²) in [6.45, 7) is 0.524. The van der Waals surface area contributed by atoms with Crippen molar-refractivity contribution < 1.29 is 13.9 Å². The van der Waals surface area contributed by atoms with Crippen molar-refractivity contribution in [2.75, 3.05) is 7.05 Å². The summed E-state index contributed by atoms with van der Waals surface area (Å²) >= 11 is 0. The molecule has 1 aromatic carbocycles. The van der Waals surface area contributed by atoms with Crippen LogP contribution in [0.25, 0.3) is 0 Å². The van der Waals surface area contributed by atoms with Crippen LogP contribution in [0.1, 0.15) is 39.6 Å². The number of para-hydroxylation sites is 1. The number of carbonyl (C=O) groups excluding carboxylic acids is 1. The number of aromatic nitrogens is 4. The van der Waals surface area contributed by atoms with Crippen molar-refractivity contribution in [3.63, 3.8) is 0 Å². The minimum Gasteiger partial charge on any atom is -0.484 e. The number of aryl methyl sites for hydroxylation is 1. The maximum atomic E-state index is 13.6. The second-order valence-electron chi connectivity index (χ2n) is 6.64. The number of rotatable bonds is 6. The molecule has 1 aliphatic rings. The van der Waals surface area contributed by atoms with Gasteiger partial charge >= 0.3 is 0 Å². The van der Waals surface area contributed by atoms with E-state index in [0.717, 1.165) is 25.0 Å². The molecule has 0 radical (unpaired) electrons. The van der Waals surface area contributed by atoms with Crippen LogP contribution in [0, 0.1) is 5.82 Å². The monoisotopic (exact) mass is 369 g/mol. The van der Waals surface area contributed by atoms with Crippen LogP contribution in [0.2, 0.25) is 0 Å². The number of carbonyl (C=O) groups is 1. The molecule has 1 aliphatic carbocycles. The van der Waals surface area contributed by atoms with Gasteiger partial charge in [0.1, 0.15) is 6.61 Å². The van der Waals surface area contributed by atoms with Gasteiger partial charge in [-0.1, -0.05) is 12.1 Å². The van der Waals surface area contributed by atoms with Crippen LogP contribution in [-0.2, 0) is 26.0 Å². The number of hydrogen-bond donors (Lipinski definition) is 2. The van der Waals surface area contributed by atoms with Crippen LogP contribution in [0.3, 0.4) is 0 Å². The van der Waals surface area contributed by atoms with Gasteiger partial charge in [0.25, 0.3) is 5.91 Å². The summed E-state index contributed by atoms with van der Waals surface area (Å²) in [5.74, 6) is -0.484. The van der Waals surface area contributed by atoms with Gasteiger partial charge in [-0.25, -0.2) is 4.39 Å². The maximum Gasteiger partial charge on any atom is 0.274 e. The normalized spacial score (nSPS) is 12.8. The summed E-state index contributed by atoms with van der Waals surface area (Å²) in [6, 6.07) is 7.79. The third-order valence-corrected chi connectivity index (χ3v) is 4.70. The molecule has 7 nitrogen and oxygen atoms in total. The molecule has 0 fully saturated rings. The van der Waals surface area contributed by atoms with E-state index in [0.29, 0.717) is 12.2 Å². The molecule has 4 rings (SSSR count). The molecule has 0 spiro atoms. The molecule has 27 heavy (non-hydrogen) atoms. The Kier molecular flexibility index (Phi) is 4.62. The van der Waals surface area contributed by atoms with Crippen LogP contribution < -0.4 is 4.74 Å². The van der Waals surface area contributed by atoms with Crippen molar-refractivity contribution >= 4 is 5.91 Å². The number of H-pyrrole nitrogens is 2. The van der Waals surface area contributed by atoms with Gasteiger partial charge in [-0.3, -0.25) is 15.0 Å². The number of aromatic amines is 2. The van der Waals surface area contributed by atoms with Crippen molar-refractivity contribution in [1.82, 2.24) is 25.3 Å². The maximum absolute atomic E-state index is 13.6. The highest BCUT2D eigenvalue weighted by Crippen LogP contribution is 2.23. The largest absolute Gasteiger partial charge is 0.484 e. The molecule has 8 heteroatoms. The lowest BCUT2D eigenvalue weighted by Crippen LogP contribution is -2.27. The molecule has 0 aliphatic heterocycles. The Bertz CT molecular complexity index is 965. The standard InChI is InChI=1S/C19H20FN5O2/c1-25(10-17-13-5-4-7-15(13)22-24-17)19(26)16-9-12(21-23-16)11-27-18-8-3-2-6-14(18)20/h2-3,6,8-9H,4-5,7,10-11H2,1H3,(H,21,23)(H,22,24). The van der Waals surface area contributed by atoms with E-state index in [9.17, 15) is 9.18 Å². The molecular formula is C19H20FN5O2. The fourth-order valence-corrected chi connectivity index (χ4v) is 3.27. The summed E-state index contributed by atoms with van der Waals surface area (Å²) in [6.07, 6.45) is 3.15. The average Bonchev–Trinajstić information content (AvgIpc) is 3.39. The smallest absolute Gasteiger partial charge is 0.274 e. The molecule has 0 unspecified atom stereocenters. The predicted molar refractivity (Wildman–Crippen MR) is 95.7 cm³/mol. The Labute approximate surface area is 155 Å². The topological polar surface area (TPSA) is 86.9 Å². The zero-order valence-electron chi connectivity index (χ0n) is 15.0. The predicted octanol–water partition coefficient (Wildman–Crippen LogP) is 2.61. The molecule has 3 aromatic rings. The fraction of sp³-hybridized carbons (Fsp3) is 0.316. The number of benzene rings is 1. The average molecular weight is 369 g/mol. The van der Waals surface area contributed by atoms with Crippen molar-refractivity contribution in [1.29, 1.82) is 0 Å². The lowest BCUT2D eigenvalue weighted by atomic mass is 10.2. The Balaban J connectivity index is 1.38. The molecule has 140 valence electrons. The molecular weight excluding hydrogens is 349 g/mol. The minimum atomic E-state index is -0.431. The molecule has 0 saturated heterocycles. The highest BCUT2D eigenvalue weighted by atomic mass is 19.1. The summed E-state index contributed by atoms with van der Waals surface area (Å²) < 4.78 is 19.0. The molecule has 2 heterocycles. The summed E-state index contributed by atoms with van der Waals surface area (Å²) in [5, 5.41) is 14.2. The van der Waals surface area contributed by atoms with Crippen LogP contribution in [0.5, 0.6) is 5.75 Å². The number of hydrogen-bond acceptors (Lipinski definition) is 4. The summed E-state index contributed by atoms with van der Waals surface area (Å²) in [4.78, 5) is 14.2. The number of ether oxygens (including phenoxy) is 1. The highest BCUT2D eigenvalue weighted by Gasteiger charge is 2.22. The van der Waals surface area contributed by atoms with Gasteiger partial charge < -0.3 is 9.64 Å². The Morgan fingerprint density at radius 2 is 2.11 bits per heavy atom. The van der Waals surface area contributed by atoms with Gasteiger partial charge in [0.2, 0.25) is 0 Å². The molecule has 0 bridgehead atoms. The third-order valence-electron chi connectivity index (χ3n) is 4.70. The number of halogens is 1. The van der Waals surface area contributed by atoms with Gasteiger partial charge in [-0.15, -0.1) is 0 Å². The van der Waals surface area contributed by atoms with E-state index >= 15 is 0 Å². The summed E-state index contributed by atoms with van der Waals surface area (Å²) in [5.41, 5.74) is 4.21. The van der Waals surface area contributed by atoms with Gasteiger partial charge in [0.15, 0.2) is 17.3 Å². The minimum absolute atomic E-state index is 0.0950. The van der Waals surface area contributed by atoms with E-state index < -0.39 is 5.82 Å². The van der Waals surface area contributed by atoms with E-state index in [1.165, 1.54) is 17.3 Å². The molecule has 2 aromatic heterocycles. The third kappa shape index (κ3) is 3.55. The Morgan fingerprint density at radius 1 is 1.26 bits per heavy atom. The van der Waals surface area contributed by atoms with E-state index in [1.54, 1.807) is 36.2 Å². The van der Waals surface area contributed by atoms with Crippen molar-refractivity contribution in [2.24, 2.45) is 0 Å². The first-order valence-electron chi connectivity index (χ1n) is 8.84. The Hall–Kier alpha value is -3.16. The first-order valence-corrected chi connectivity index (χ1v) is 8.84. The molecule has 1 amide bonds. The summed E-state index contributed by atoms with van der Waals surface area (Å²) in [7, 11) is 1.72. The molecule has 0 atom stereocenters. The number of nitrogens with zero attached hydrogens (tertiary/aromatic N) is 3. The lowest BCUT2D eigenvalue weighted by Gasteiger charge is -2.14. The first-order chi connectivity index (χ1) is 13.1. The van der Waals surface area contributed by atoms with E-state index in [4.69, 9.17) is 4.74 Å². The van der Waals surface area contributed by atoms with Gasteiger partial charge in [-0.05, 0) is 43.0 Å². The second kappa shape index (κ2) is 7.22. The number of fused-ring (bicyclic) bond motifs is 1. The van der Waals surface area contributed by atoms with Crippen molar-refractivity contribution in [3.05, 3.63) is 64.5 Å². The molecule has 2 N–H and O–H groups in total. The van der Waals surface area contributed by atoms with Crippen molar-refractivity contribution in [3.8, 4) is 5.75 Å². The van der Waals surface area contributed by atoms with Crippen LogP contribution in [-0.4, -0.2) is 38.2 Å². The van der Waals surface area contributed by atoms with Gasteiger partial charge in [-0.2, -0.15) is 10.2 Å². The van der Waals surface area contributed by atoms with E-state index in [-0.39, 0.29) is 24.0 Å². The van der Waals surface area contributed by atoms with Gasteiger partial charge in [0, 0.05) is 12.7 Å². The van der Waals surface area contributed by atoms with Crippen LogP contribution in [0.4, 0.5) is 4.39 Å². The fourth-order valence-electron chi connectivity index (χ4n) is 3.27. The van der Waals surface area contributed by atoms with E-state index in [2.05, 4.69) is 20.4 Å². The molecule has 0 saturated carbocycles. The van der Waals surface area contributed by atoms with E-state index in [1.807, 2.05) is 0 Å². The number of amides is 1. The van der Waals surface area contributed by atoms with Crippen molar-refractivity contribution in [2.45, 2.75) is 32.4 Å². The Morgan fingerprint density at radius 3 is 2.96 bits per heavy atom. The zero-order chi connectivity index (χ0) is 18.8. The lowest BCUT2D eigenvalue weighted by molar-refractivity contribution is 0.0777. The quantitative estimate of drug-likeness (QED) is 0.699. The SMILES string of the molecule is CN(Cc1n[nH]c2c1CCC2)C(=O)c1cc(COc2ccccc2F)[nH]n1. The van der Waals surface area contributed by atoms with Crippen LogP contribution in [0.15, 0.2) is 30.3 Å². The number of nitrogens with one attached hydrogen (secondary N) is 2. The first kappa shape index (κ1) is 17.3. The zero-order valence-corrected chi connectivity index (χ0v) is 15.0. The van der Waals surface area contributed by atoms with Crippen LogP contribution >= 0.6 is 0 Å². The van der Waals surface area contributed by atoms with Gasteiger partial charge in [0.05, 0.1) is 17.9 Å². The second-order valence-corrected chi connectivity index (χ2v) is 6.64. The highest BCUT2D eigenvalue weighted by molar-refractivity contribution is 5.92.